The Labute approximate surface area is 174 Å². The molecular weight excluding hydrogens is 372 g/mol. The van der Waals surface area contributed by atoms with Crippen LogP contribution in [0.3, 0.4) is 0 Å². The van der Waals surface area contributed by atoms with Gasteiger partial charge in [-0.15, -0.1) is 5.73 Å². The fraction of sp³-hybridized carbons (Fsp3) is 0.0370. The number of hydrogen-bond acceptors (Lipinski definition) is 3. The summed E-state index contributed by atoms with van der Waals surface area (Å²) < 4.78 is 11.4. The number of esters is 1. The van der Waals surface area contributed by atoms with Crippen molar-refractivity contribution in [2.75, 3.05) is 0 Å². The van der Waals surface area contributed by atoms with Gasteiger partial charge in [0.2, 0.25) is 0 Å². The lowest BCUT2D eigenvalue weighted by atomic mass is 9.90. The Morgan fingerprint density at radius 2 is 1.30 bits per heavy atom. The maximum Gasteiger partial charge on any atom is 0.339 e. The lowest BCUT2D eigenvalue weighted by molar-refractivity contribution is 0.0351. The molecule has 1 aliphatic rings. The van der Waals surface area contributed by atoms with Crippen molar-refractivity contribution in [1.29, 1.82) is 0 Å². The first-order valence-electron chi connectivity index (χ1n) is 9.77. The molecular formula is C27H18O3. The maximum atomic E-state index is 12.7. The number of hydrogen-bond donors (Lipinski definition) is 0. The van der Waals surface area contributed by atoms with Gasteiger partial charge >= 0.3 is 5.97 Å². The molecule has 3 aromatic carbocycles. The van der Waals surface area contributed by atoms with Crippen molar-refractivity contribution in [3.63, 3.8) is 0 Å². The van der Waals surface area contributed by atoms with Crippen LogP contribution in [0.4, 0.5) is 0 Å². The Hall–Kier alpha value is -4.07. The van der Waals surface area contributed by atoms with E-state index in [-0.39, 0.29) is 5.97 Å². The molecule has 3 heteroatoms. The van der Waals surface area contributed by atoms with E-state index in [4.69, 9.17) is 9.15 Å². The molecule has 0 N–H and O–H groups in total. The van der Waals surface area contributed by atoms with Gasteiger partial charge in [-0.3, -0.25) is 0 Å². The lowest BCUT2D eigenvalue weighted by Gasteiger charge is -2.25. The fourth-order valence-corrected chi connectivity index (χ4v) is 3.70. The quantitative estimate of drug-likeness (QED) is 0.304. The van der Waals surface area contributed by atoms with E-state index in [9.17, 15) is 4.79 Å². The molecule has 144 valence electrons. The van der Waals surface area contributed by atoms with Gasteiger partial charge in [-0.25, -0.2) is 4.79 Å². The predicted octanol–water partition coefficient (Wildman–Crippen LogP) is 6.31. The molecule has 30 heavy (non-hydrogen) atoms. The maximum absolute atomic E-state index is 12.7. The van der Waals surface area contributed by atoms with Gasteiger partial charge in [0.15, 0.2) is 6.10 Å². The monoisotopic (exact) mass is 390 g/mol. The minimum Gasteiger partial charge on any atom is -0.465 e. The summed E-state index contributed by atoms with van der Waals surface area (Å²) in [4.78, 5) is 12.7. The summed E-state index contributed by atoms with van der Waals surface area (Å²) in [5, 5.41) is 0. The summed E-state index contributed by atoms with van der Waals surface area (Å²) in [5.41, 5.74) is 8.69. The van der Waals surface area contributed by atoms with Crippen molar-refractivity contribution in [2.24, 2.45) is 0 Å². The number of carbonyl (C=O) groups excluding carboxylic acids is 1. The number of furan rings is 1. The first-order valence-corrected chi connectivity index (χ1v) is 9.77. The van der Waals surface area contributed by atoms with Crippen LogP contribution in [0.2, 0.25) is 0 Å². The third-order valence-electron chi connectivity index (χ3n) is 5.11. The molecule has 1 aromatic heterocycles. The third kappa shape index (κ3) is 3.28. The van der Waals surface area contributed by atoms with Gasteiger partial charge in [0.05, 0.1) is 17.4 Å². The Morgan fingerprint density at radius 1 is 0.700 bits per heavy atom. The Kier molecular flexibility index (Phi) is 4.65. The molecule has 3 nitrogen and oxygen atoms in total. The van der Waals surface area contributed by atoms with Gasteiger partial charge < -0.3 is 9.15 Å². The number of benzene rings is 3. The van der Waals surface area contributed by atoms with Gasteiger partial charge in [0, 0.05) is 11.1 Å². The largest absolute Gasteiger partial charge is 0.465 e. The molecule has 0 saturated carbocycles. The molecule has 1 atom stereocenters. The number of rotatable bonds is 3. The van der Waals surface area contributed by atoms with Crippen molar-refractivity contribution < 1.29 is 13.9 Å². The second kappa shape index (κ2) is 7.75. The van der Waals surface area contributed by atoms with Crippen molar-refractivity contribution in [2.45, 2.75) is 6.10 Å². The average Bonchev–Trinajstić information content (AvgIpc) is 3.34. The van der Waals surface area contributed by atoms with Crippen LogP contribution in [0.5, 0.6) is 0 Å². The Bertz CT molecular complexity index is 1200. The van der Waals surface area contributed by atoms with Crippen LogP contribution in [0.15, 0.2) is 113 Å². The summed E-state index contributed by atoms with van der Waals surface area (Å²) in [6.07, 6.45) is 0.921. The Morgan fingerprint density at radius 3 is 1.90 bits per heavy atom. The van der Waals surface area contributed by atoms with E-state index in [0.717, 1.165) is 27.8 Å². The summed E-state index contributed by atoms with van der Waals surface area (Å²) >= 11 is 0. The van der Waals surface area contributed by atoms with Crippen LogP contribution in [0, 0.1) is 0 Å². The lowest BCUT2D eigenvalue weighted by Crippen LogP contribution is -2.20. The molecule has 0 radical (unpaired) electrons. The molecule has 0 bridgehead atoms. The van der Waals surface area contributed by atoms with Crippen LogP contribution in [-0.4, -0.2) is 5.97 Å². The molecule has 5 rings (SSSR count). The van der Waals surface area contributed by atoms with E-state index in [1.807, 2.05) is 60.7 Å². The van der Waals surface area contributed by atoms with Gasteiger partial charge in [0.1, 0.15) is 5.76 Å². The van der Waals surface area contributed by atoms with E-state index in [1.54, 1.807) is 18.4 Å². The van der Waals surface area contributed by atoms with Crippen molar-refractivity contribution >= 4 is 17.1 Å². The van der Waals surface area contributed by atoms with Crippen molar-refractivity contribution in [1.82, 2.24) is 0 Å². The van der Waals surface area contributed by atoms with E-state index < -0.39 is 6.10 Å². The second-order valence-electron chi connectivity index (χ2n) is 6.99. The standard InChI is InChI=1S/C27H18O3/c28-27-22-15-8-7-14-21(22)24(26(30-27)25-16-9-17-29-25)18-23(19-10-3-1-4-11-19)20-12-5-2-6-13-20/h1-17,26H. The molecule has 0 aliphatic carbocycles. The van der Waals surface area contributed by atoms with E-state index in [0.29, 0.717) is 11.3 Å². The van der Waals surface area contributed by atoms with E-state index in [1.165, 1.54) is 0 Å². The summed E-state index contributed by atoms with van der Waals surface area (Å²) in [5.74, 6) is 0.208. The number of cyclic esters (lactones) is 1. The topological polar surface area (TPSA) is 39.4 Å². The molecule has 4 aromatic rings. The predicted molar refractivity (Wildman–Crippen MR) is 116 cm³/mol. The molecule has 1 unspecified atom stereocenters. The highest BCUT2D eigenvalue weighted by atomic mass is 16.6. The normalized spacial score (nSPS) is 15.1. The van der Waals surface area contributed by atoms with E-state index >= 15 is 0 Å². The molecule has 1 aliphatic heterocycles. The fourth-order valence-electron chi connectivity index (χ4n) is 3.70. The van der Waals surface area contributed by atoms with Gasteiger partial charge in [-0.1, -0.05) is 78.9 Å². The first-order chi connectivity index (χ1) is 14.8. The van der Waals surface area contributed by atoms with Gasteiger partial charge in [-0.2, -0.15) is 0 Å². The van der Waals surface area contributed by atoms with Crippen LogP contribution in [0.1, 0.15) is 38.9 Å². The summed E-state index contributed by atoms with van der Waals surface area (Å²) in [6, 6.07) is 31.3. The zero-order chi connectivity index (χ0) is 20.3. The first kappa shape index (κ1) is 18.0. The highest BCUT2D eigenvalue weighted by Crippen LogP contribution is 2.40. The van der Waals surface area contributed by atoms with Gasteiger partial charge in [-0.05, 0) is 29.3 Å². The number of carbonyl (C=O) groups is 1. The van der Waals surface area contributed by atoms with Crippen molar-refractivity contribution in [3.05, 3.63) is 137 Å². The van der Waals surface area contributed by atoms with Crippen LogP contribution in [-0.2, 0) is 4.74 Å². The SMILES string of the molecule is O=C1OC(c2ccco2)C(=C=C(c2ccccc2)c2ccccc2)c2ccccc21. The van der Waals surface area contributed by atoms with E-state index in [2.05, 4.69) is 30.0 Å². The third-order valence-corrected chi connectivity index (χ3v) is 5.11. The number of fused-ring (bicyclic) bond motifs is 1. The minimum atomic E-state index is -0.662. The molecule has 0 spiro atoms. The Balaban J connectivity index is 1.85. The minimum absolute atomic E-state index is 0.362. The zero-order valence-electron chi connectivity index (χ0n) is 16.1. The molecule has 0 fully saturated rings. The number of ether oxygens (including phenoxy) is 1. The average molecular weight is 390 g/mol. The van der Waals surface area contributed by atoms with Crippen LogP contribution < -0.4 is 0 Å². The highest BCUT2D eigenvalue weighted by molar-refractivity contribution is 6.00. The zero-order valence-corrected chi connectivity index (χ0v) is 16.1. The second-order valence-corrected chi connectivity index (χ2v) is 6.99. The molecule has 0 saturated heterocycles. The van der Waals surface area contributed by atoms with Crippen LogP contribution >= 0.6 is 0 Å². The molecule has 2 heterocycles. The summed E-state index contributed by atoms with van der Waals surface area (Å²) in [6.45, 7) is 0. The van der Waals surface area contributed by atoms with Gasteiger partial charge in [0.25, 0.3) is 0 Å². The smallest absolute Gasteiger partial charge is 0.339 e. The molecule has 0 amide bonds. The van der Waals surface area contributed by atoms with Crippen molar-refractivity contribution in [3.8, 4) is 0 Å². The van der Waals surface area contributed by atoms with Crippen LogP contribution in [0.25, 0.3) is 11.1 Å². The summed E-state index contributed by atoms with van der Waals surface area (Å²) in [7, 11) is 0. The highest BCUT2D eigenvalue weighted by Gasteiger charge is 2.33.